The molecule has 0 radical (unpaired) electrons. The van der Waals surface area contributed by atoms with Crippen LogP contribution in [0.1, 0.15) is 31.4 Å². The van der Waals surface area contributed by atoms with Crippen LogP contribution >= 0.6 is 0 Å². The number of aromatic nitrogens is 1. The average molecular weight is 231 g/mol. The van der Waals surface area contributed by atoms with Crippen LogP contribution in [0.3, 0.4) is 0 Å². The second-order valence-corrected chi connectivity index (χ2v) is 5.65. The van der Waals surface area contributed by atoms with Crippen LogP contribution < -0.4 is 10.6 Å². The van der Waals surface area contributed by atoms with Gasteiger partial charge in [0.1, 0.15) is 5.82 Å². The minimum absolute atomic E-state index is 0.619. The lowest BCUT2D eigenvalue weighted by Crippen LogP contribution is -2.43. The largest absolute Gasteiger partial charge is 0.369 e. The summed E-state index contributed by atoms with van der Waals surface area (Å²) in [5.74, 6) is 1.00. The molecule has 2 heterocycles. The van der Waals surface area contributed by atoms with Crippen molar-refractivity contribution in [1.82, 2.24) is 10.3 Å². The van der Waals surface area contributed by atoms with Gasteiger partial charge in [-0.3, -0.25) is 0 Å². The first-order chi connectivity index (χ1) is 8.26. The van der Waals surface area contributed by atoms with Crippen molar-refractivity contribution in [1.29, 1.82) is 0 Å². The molecule has 1 unspecified atom stereocenters. The number of rotatable bonds is 3. The fourth-order valence-corrected chi connectivity index (χ4v) is 2.88. The van der Waals surface area contributed by atoms with Crippen LogP contribution in [0.15, 0.2) is 18.2 Å². The van der Waals surface area contributed by atoms with E-state index in [1.807, 2.05) is 19.1 Å². The molecule has 3 nitrogen and oxygen atoms in total. The molecule has 1 aliphatic carbocycles. The van der Waals surface area contributed by atoms with Crippen molar-refractivity contribution in [3.63, 3.8) is 0 Å². The maximum Gasteiger partial charge on any atom is 0.126 e. The number of pyridine rings is 1. The van der Waals surface area contributed by atoms with E-state index < -0.39 is 0 Å². The molecule has 1 spiro atoms. The Kier molecular flexibility index (Phi) is 2.79. The summed E-state index contributed by atoms with van der Waals surface area (Å²) in [5, 5.41) is 7.06. The van der Waals surface area contributed by atoms with Gasteiger partial charge in [-0.25, -0.2) is 4.98 Å². The second kappa shape index (κ2) is 4.30. The normalized spacial score (nSPS) is 25.8. The molecule has 3 rings (SSSR count). The summed E-state index contributed by atoms with van der Waals surface area (Å²) in [6, 6.07) is 6.75. The number of aryl methyl sites for hydroxylation is 1. The maximum atomic E-state index is 4.47. The van der Waals surface area contributed by atoms with Crippen LogP contribution in [0.2, 0.25) is 0 Å². The third kappa shape index (κ3) is 2.60. The molecule has 2 aliphatic rings. The van der Waals surface area contributed by atoms with Gasteiger partial charge in [0.15, 0.2) is 0 Å². The molecule has 2 N–H and O–H groups in total. The quantitative estimate of drug-likeness (QED) is 0.838. The predicted molar refractivity (Wildman–Crippen MR) is 70.2 cm³/mol. The fourth-order valence-electron chi connectivity index (χ4n) is 2.88. The minimum Gasteiger partial charge on any atom is -0.369 e. The Hall–Kier alpha value is -1.09. The van der Waals surface area contributed by atoms with E-state index in [0.717, 1.165) is 23.5 Å². The number of nitrogens with zero attached hydrogens (tertiary/aromatic N) is 1. The van der Waals surface area contributed by atoms with Gasteiger partial charge in [-0.2, -0.15) is 0 Å². The monoisotopic (exact) mass is 231 g/mol. The Morgan fingerprint density at radius 2 is 2.29 bits per heavy atom. The zero-order valence-corrected chi connectivity index (χ0v) is 10.5. The van der Waals surface area contributed by atoms with Gasteiger partial charge in [-0.1, -0.05) is 6.07 Å². The van der Waals surface area contributed by atoms with Crippen LogP contribution in [-0.4, -0.2) is 24.1 Å². The second-order valence-electron chi connectivity index (χ2n) is 5.65. The number of hydrogen-bond acceptors (Lipinski definition) is 3. The van der Waals surface area contributed by atoms with Gasteiger partial charge in [0.25, 0.3) is 0 Å². The lowest BCUT2D eigenvalue weighted by atomic mass is 9.89. The molecule has 1 saturated carbocycles. The number of anilines is 1. The summed E-state index contributed by atoms with van der Waals surface area (Å²) < 4.78 is 0. The Morgan fingerprint density at radius 3 is 3.06 bits per heavy atom. The topological polar surface area (TPSA) is 37.0 Å². The molecule has 17 heavy (non-hydrogen) atoms. The van der Waals surface area contributed by atoms with Crippen LogP contribution in [-0.2, 0) is 0 Å². The van der Waals surface area contributed by atoms with Gasteiger partial charge in [-0.05, 0) is 56.7 Å². The highest BCUT2D eigenvalue weighted by Gasteiger charge is 2.45. The molecule has 1 atom stereocenters. The van der Waals surface area contributed by atoms with Crippen molar-refractivity contribution < 1.29 is 0 Å². The molecule has 92 valence electrons. The zero-order valence-electron chi connectivity index (χ0n) is 10.5. The molecule has 0 aromatic carbocycles. The standard InChI is InChI=1S/C14H21N3/c1-11-3-2-4-13(17-11)16-10-12-9-14(5-6-14)7-8-15-12/h2-4,12,15H,5-10H2,1H3,(H,16,17). The first kappa shape index (κ1) is 11.0. The van der Waals surface area contributed by atoms with Crippen LogP contribution in [0, 0.1) is 12.3 Å². The zero-order chi connectivity index (χ0) is 11.7. The van der Waals surface area contributed by atoms with Crippen molar-refractivity contribution in [3.8, 4) is 0 Å². The van der Waals surface area contributed by atoms with Crippen molar-refractivity contribution in [2.45, 2.75) is 38.6 Å². The average Bonchev–Trinajstić information content (AvgIpc) is 3.06. The van der Waals surface area contributed by atoms with Crippen LogP contribution in [0.25, 0.3) is 0 Å². The molecular formula is C14H21N3. The van der Waals surface area contributed by atoms with E-state index in [0.29, 0.717) is 6.04 Å². The number of piperidine rings is 1. The van der Waals surface area contributed by atoms with Gasteiger partial charge in [-0.15, -0.1) is 0 Å². The summed E-state index contributed by atoms with van der Waals surface area (Å²) in [4.78, 5) is 4.47. The Labute approximate surface area is 103 Å². The number of hydrogen-bond donors (Lipinski definition) is 2. The Morgan fingerprint density at radius 1 is 1.41 bits per heavy atom. The SMILES string of the molecule is Cc1cccc(NCC2CC3(CCN2)CC3)n1. The molecule has 1 aromatic rings. The molecule has 1 saturated heterocycles. The highest BCUT2D eigenvalue weighted by atomic mass is 15.0. The van der Waals surface area contributed by atoms with E-state index in [1.54, 1.807) is 0 Å². The van der Waals surface area contributed by atoms with E-state index in [-0.39, 0.29) is 0 Å². The van der Waals surface area contributed by atoms with Crippen molar-refractivity contribution in [2.75, 3.05) is 18.4 Å². The third-order valence-corrected chi connectivity index (χ3v) is 4.14. The van der Waals surface area contributed by atoms with Crippen LogP contribution in [0.4, 0.5) is 5.82 Å². The minimum atomic E-state index is 0.619. The van der Waals surface area contributed by atoms with E-state index in [9.17, 15) is 0 Å². The van der Waals surface area contributed by atoms with E-state index in [1.165, 1.54) is 32.2 Å². The molecule has 1 aromatic heterocycles. The smallest absolute Gasteiger partial charge is 0.126 e. The molecular weight excluding hydrogens is 210 g/mol. The summed E-state index contributed by atoms with van der Waals surface area (Å²) in [6.07, 6.45) is 5.62. The summed E-state index contributed by atoms with van der Waals surface area (Å²) in [6.45, 7) is 4.22. The van der Waals surface area contributed by atoms with E-state index in [2.05, 4.69) is 21.7 Å². The van der Waals surface area contributed by atoms with Gasteiger partial charge in [0.2, 0.25) is 0 Å². The first-order valence-electron chi connectivity index (χ1n) is 6.67. The summed E-state index contributed by atoms with van der Waals surface area (Å²) >= 11 is 0. The molecule has 0 amide bonds. The van der Waals surface area contributed by atoms with Gasteiger partial charge in [0.05, 0.1) is 0 Å². The molecule has 3 heteroatoms. The predicted octanol–water partition coefficient (Wildman–Crippen LogP) is 2.33. The van der Waals surface area contributed by atoms with Crippen molar-refractivity contribution in [2.24, 2.45) is 5.41 Å². The van der Waals surface area contributed by atoms with Crippen molar-refractivity contribution in [3.05, 3.63) is 23.9 Å². The van der Waals surface area contributed by atoms with Gasteiger partial charge >= 0.3 is 0 Å². The van der Waals surface area contributed by atoms with Crippen molar-refractivity contribution >= 4 is 5.82 Å². The van der Waals surface area contributed by atoms with E-state index in [4.69, 9.17) is 0 Å². The fraction of sp³-hybridized carbons (Fsp3) is 0.643. The van der Waals surface area contributed by atoms with Crippen LogP contribution in [0.5, 0.6) is 0 Å². The molecule has 2 fully saturated rings. The highest BCUT2D eigenvalue weighted by Crippen LogP contribution is 2.53. The lowest BCUT2D eigenvalue weighted by Gasteiger charge is -2.30. The number of nitrogens with one attached hydrogen (secondary N) is 2. The Balaban J connectivity index is 1.53. The molecule has 1 aliphatic heterocycles. The molecule has 0 bridgehead atoms. The maximum absolute atomic E-state index is 4.47. The lowest BCUT2D eigenvalue weighted by molar-refractivity contribution is 0.290. The first-order valence-corrected chi connectivity index (χ1v) is 6.67. The van der Waals surface area contributed by atoms with Gasteiger partial charge < -0.3 is 10.6 Å². The third-order valence-electron chi connectivity index (χ3n) is 4.14. The highest BCUT2D eigenvalue weighted by molar-refractivity contribution is 5.35. The summed E-state index contributed by atoms with van der Waals surface area (Å²) in [7, 11) is 0. The summed E-state index contributed by atoms with van der Waals surface area (Å²) in [5.41, 5.74) is 1.79. The Bertz CT molecular complexity index is 398. The van der Waals surface area contributed by atoms with Gasteiger partial charge in [0, 0.05) is 18.3 Å². The van der Waals surface area contributed by atoms with E-state index >= 15 is 0 Å².